The van der Waals surface area contributed by atoms with Crippen molar-refractivity contribution >= 4 is 5.69 Å². The van der Waals surface area contributed by atoms with Crippen LogP contribution in [0.2, 0.25) is 0 Å². The first-order chi connectivity index (χ1) is 8.29. The van der Waals surface area contributed by atoms with Gasteiger partial charge in [0.1, 0.15) is 0 Å². The van der Waals surface area contributed by atoms with E-state index in [1.54, 1.807) is 0 Å². The third-order valence-electron chi connectivity index (χ3n) is 3.99. The average Bonchev–Trinajstić information content (AvgIpc) is 2.35. The number of benzene rings is 1. The number of anilines is 1. The van der Waals surface area contributed by atoms with Gasteiger partial charge in [0.05, 0.1) is 0 Å². The van der Waals surface area contributed by atoms with E-state index < -0.39 is 0 Å². The highest BCUT2D eigenvalue weighted by Gasteiger charge is 2.25. The van der Waals surface area contributed by atoms with Gasteiger partial charge in [0, 0.05) is 24.8 Å². The number of para-hydroxylation sites is 1. The number of rotatable bonds is 4. The molecule has 0 aliphatic heterocycles. The van der Waals surface area contributed by atoms with Gasteiger partial charge < -0.3 is 10.6 Å². The summed E-state index contributed by atoms with van der Waals surface area (Å²) in [6.45, 7) is 11.2. The summed E-state index contributed by atoms with van der Waals surface area (Å²) in [5, 5.41) is 0. The second-order valence-electron chi connectivity index (χ2n) is 6.23. The summed E-state index contributed by atoms with van der Waals surface area (Å²) in [5.41, 5.74) is 8.97. The van der Waals surface area contributed by atoms with Crippen molar-refractivity contribution in [1.29, 1.82) is 0 Å². The summed E-state index contributed by atoms with van der Waals surface area (Å²) < 4.78 is 0. The van der Waals surface area contributed by atoms with Gasteiger partial charge in [0.15, 0.2) is 0 Å². The molecule has 1 unspecified atom stereocenters. The fourth-order valence-corrected chi connectivity index (χ4v) is 2.13. The molecule has 0 saturated carbocycles. The minimum absolute atomic E-state index is 0.121. The summed E-state index contributed by atoms with van der Waals surface area (Å²) in [5.74, 6) is 0. The van der Waals surface area contributed by atoms with Gasteiger partial charge in [-0.3, -0.25) is 0 Å². The lowest BCUT2D eigenvalue weighted by atomic mass is 9.86. The third-order valence-corrected chi connectivity index (χ3v) is 3.99. The SMILES string of the molecule is CC[C@H](N)c1ccccc1N(C)C(C)C(C)(C)C. The van der Waals surface area contributed by atoms with Crippen molar-refractivity contribution in [2.24, 2.45) is 11.1 Å². The Bertz CT molecular complexity index is 379. The van der Waals surface area contributed by atoms with Crippen LogP contribution in [-0.4, -0.2) is 13.1 Å². The maximum atomic E-state index is 6.22. The second kappa shape index (κ2) is 5.75. The average molecular weight is 248 g/mol. The zero-order chi connectivity index (χ0) is 13.9. The van der Waals surface area contributed by atoms with E-state index >= 15 is 0 Å². The largest absolute Gasteiger partial charge is 0.371 e. The van der Waals surface area contributed by atoms with Gasteiger partial charge in [0.2, 0.25) is 0 Å². The lowest BCUT2D eigenvalue weighted by Gasteiger charge is -2.38. The Balaban J connectivity index is 3.09. The summed E-state index contributed by atoms with van der Waals surface area (Å²) in [6.07, 6.45) is 0.967. The van der Waals surface area contributed by atoms with E-state index in [4.69, 9.17) is 5.73 Å². The van der Waals surface area contributed by atoms with E-state index in [-0.39, 0.29) is 11.5 Å². The Morgan fingerprint density at radius 1 is 1.22 bits per heavy atom. The first-order valence-electron chi connectivity index (χ1n) is 6.86. The fraction of sp³-hybridized carbons (Fsp3) is 0.625. The zero-order valence-electron chi connectivity index (χ0n) is 12.7. The van der Waals surface area contributed by atoms with Crippen LogP contribution in [-0.2, 0) is 0 Å². The van der Waals surface area contributed by atoms with Crippen molar-refractivity contribution in [2.75, 3.05) is 11.9 Å². The maximum absolute atomic E-state index is 6.22. The summed E-state index contributed by atoms with van der Waals surface area (Å²) in [4.78, 5) is 2.35. The van der Waals surface area contributed by atoms with Gasteiger partial charge in [-0.25, -0.2) is 0 Å². The van der Waals surface area contributed by atoms with Gasteiger partial charge in [-0.1, -0.05) is 45.9 Å². The normalized spacial score (nSPS) is 15.3. The molecule has 2 N–H and O–H groups in total. The highest BCUT2D eigenvalue weighted by atomic mass is 15.1. The van der Waals surface area contributed by atoms with Crippen molar-refractivity contribution in [3.63, 3.8) is 0 Å². The first-order valence-corrected chi connectivity index (χ1v) is 6.86. The highest BCUT2D eigenvalue weighted by Crippen LogP contribution is 2.32. The number of nitrogens with zero attached hydrogens (tertiary/aromatic N) is 1. The predicted molar refractivity (Wildman–Crippen MR) is 81.0 cm³/mol. The topological polar surface area (TPSA) is 29.3 Å². The van der Waals surface area contributed by atoms with E-state index in [0.29, 0.717) is 6.04 Å². The van der Waals surface area contributed by atoms with Gasteiger partial charge in [-0.05, 0) is 30.4 Å². The smallest absolute Gasteiger partial charge is 0.0414 e. The summed E-state index contributed by atoms with van der Waals surface area (Å²) >= 11 is 0. The first kappa shape index (κ1) is 15.0. The minimum atomic E-state index is 0.121. The fourth-order valence-electron chi connectivity index (χ4n) is 2.13. The summed E-state index contributed by atoms with van der Waals surface area (Å²) in [7, 11) is 2.16. The standard InChI is InChI=1S/C16H28N2/c1-7-14(17)13-10-8-9-11-15(13)18(6)12(2)16(3,4)5/h8-12,14H,7,17H2,1-6H3/t12?,14-/m0/s1. The number of hydrogen-bond acceptors (Lipinski definition) is 2. The molecule has 1 aromatic carbocycles. The van der Waals surface area contributed by atoms with Crippen molar-refractivity contribution in [3.05, 3.63) is 29.8 Å². The molecule has 2 heteroatoms. The van der Waals surface area contributed by atoms with E-state index in [9.17, 15) is 0 Å². The van der Waals surface area contributed by atoms with Crippen LogP contribution in [0.5, 0.6) is 0 Å². The van der Waals surface area contributed by atoms with Crippen molar-refractivity contribution in [1.82, 2.24) is 0 Å². The Morgan fingerprint density at radius 3 is 2.28 bits per heavy atom. The van der Waals surface area contributed by atoms with Crippen LogP contribution in [0.25, 0.3) is 0 Å². The van der Waals surface area contributed by atoms with E-state index in [2.05, 4.69) is 70.8 Å². The molecule has 0 radical (unpaired) electrons. The van der Waals surface area contributed by atoms with Crippen LogP contribution in [0.1, 0.15) is 52.6 Å². The molecule has 2 atom stereocenters. The molecule has 2 nitrogen and oxygen atoms in total. The maximum Gasteiger partial charge on any atom is 0.0414 e. The molecule has 1 aromatic rings. The molecular weight excluding hydrogens is 220 g/mol. The van der Waals surface area contributed by atoms with Gasteiger partial charge in [-0.2, -0.15) is 0 Å². The molecule has 1 rings (SSSR count). The minimum Gasteiger partial charge on any atom is -0.371 e. The molecular formula is C16H28N2. The van der Waals surface area contributed by atoms with Crippen LogP contribution < -0.4 is 10.6 Å². The van der Waals surface area contributed by atoms with E-state index in [0.717, 1.165) is 6.42 Å². The Labute approximate surface area is 112 Å². The monoisotopic (exact) mass is 248 g/mol. The van der Waals surface area contributed by atoms with Crippen LogP contribution in [0.15, 0.2) is 24.3 Å². The molecule has 0 fully saturated rings. The molecule has 0 heterocycles. The molecule has 0 amide bonds. The van der Waals surface area contributed by atoms with Gasteiger partial charge >= 0.3 is 0 Å². The number of hydrogen-bond donors (Lipinski definition) is 1. The predicted octanol–water partition coefficient (Wildman–Crippen LogP) is 3.97. The van der Waals surface area contributed by atoms with Crippen molar-refractivity contribution in [3.8, 4) is 0 Å². The second-order valence-corrected chi connectivity index (χ2v) is 6.23. The molecule has 18 heavy (non-hydrogen) atoms. The van der Waals surface area contributed by atoms with E-state index in [1.165, 1.54) is 11.3 Å². The molecule has 0 aromatic heterocycles. The third kappa shape index (κ3) is 3.26. The molecule has 0 spiro atoms. The Hall–Kier alpha value is -1.02. The zero-order valence-corrected chi connectivity index (χ0v) is 12.7. The van der Waals surface area contributed by atoms with Crippen LogP contribution >= 0.6 is 0 Å². The number of nitrogens with two attached hydrogens (primary N) is 1. The summed E-state index contributed by atoms with van der Waals surface area (Å²) in [6, 6.07) is 9.07. The van der Waals surface area contributed by atoms with Crippen LogP contribution in [0, 0.1) is 5.41 Å². The molecule has 0 saturated heterocycles. The molecule has 0 aliphatic rings. The molecule has 0 bridgehead atoms. The van der Waals surface area contributed by atoms with Crippen molar-refractivity contribution < 1.29 is 0 Å². The van der Waals surface area contributed by atoms with Gasteiger partial charge in [0.25, 0.3) is 0 Å². The molecule has 102 valence electrons. The van der Waals surface area contributed by atoms with Gasteiger partial charge in [-0.15, -0.1) is 0 Å². The lowest BCUT2D eigenvalue weighted by molar-refractivity contribution is 0.329. The van der Waals surface area contributed by atoms with Crippen LogP contribution in [0.4, 0.5) is 5.69 Å². The Morgan fingerprint density at radius 2 is 1.78 bits per heavy atom. The quantitative estimate of drug-likeness (QED) is 0.873. The lowest BCUT2D eigenvalue weighted by Crippen LogP contribution is -2.40. The highest BCUT2D eigenvalue weighted by molar-refractivity contribution is 5.55. The Kier molecular flexibility index (Phi) is 4.80. The van der Waals surface area contributed by atoms with Crippen molar-refractivity contribution in [2.45, 2.75) is 53.1 Å². The van der Waals surface area contributed by atoms with Crippen LogP contribution in [0.3, 0.4) is 0 Å². The molecule has 0 aliphatic carbocycles. The van der Waals surface area contributed by atoms with E-state index in [1.807, 2.05) is 0 Å².